The van der Waals surface area contributed by atoms with Crippen molar-refractivity contribution in [1.29, 1.82) is 0 Å². The van der Waals surface area contributed by atoms with E-state index in [1.165, 1.54) is 6.07 Å². The normalized spacial score (nSPS) is 14.5. The van der Waals surface area contributed by atoms with E-state index in [-0.39, 0.29) is 17.6 Å². The predicted octanol–water partition coefficient (Wildman–Crippen LogP) is 4.35. The van der Waals surface area contributed by atoms with Crippen LogP contribution in [0.1, 0.15) is 41.3 Å². The molecule has 0 unspecified atom stereocenters. The van der Waals surface area contributed by atoms with Crippen molar-refractivity contribution in [2.75, 3.05) is 7.11 Å². The molecule has 0 heterocycles. The lowest BCUT2D eigenvalue weighted by molar-refractivity contribution is -0.385. The summed E-state index contributed by atoms with van der Waals surface area (Å²) in [5.74, 6) is 1.20. The molecule has 1 saturated carbocycles. The maximum atomic E-state index is 13.2. The first kappa shape index (κ1) is 18.9. The summed E-state index contributed by atoms with van der Waals surface area (Å²) in [6.07, 6.45) is 2.26. The number of nitro benzene ring substituents is 1. The van der Waals surface area contributed by atoms with Crippen LogP contribution in [0.3, 0.4) is 0 Å². The number of nitrogens with zero attached hydrogens (tertiary/aromatic N) is 2. The van der Waals surface area contributed by atoms with Crippen molar-refractivity contribution in [2.24, 2.45) is 5.92 Å². The Balaban J connectivity index is 1.86. The van der Waals surface area contributed by atoms with Gasteiger partial charge in [0, 0.05) is 29.8 Å². The van der Waals surface area contributed by atoms with Gasteiger partial charge in [0.05, 0.1) is 12.0 Å². The van der Waals surface area contributed by atoms with E-state index >= 15 is 0 Å². The summed E-state index contributed by atoms with van der Waals surface area (Å²) in [6.45, 7) is 4.24. The van der Waals surface area contributed by atoms with E-state index in [1.54, 1.807) is 26.2 Å². The van der Waals surface area contributed by atoms with Gasteiger partial charge >= 0.3 is 0 Å². The minimum atomic E-state index is -0.425. The summed E-state index contributed by atoms with van der Waals surface area (Å²) in [5, 5.41) is 11.0. The van der Waals surface area contributed by atoms with Crippen molar-refractivity contribution in [3.63, 3.8) is 0 Å². The van der Waals surface area contributed by atoms with Crippen molar-refractivity contribution in [2.45, 2.75) is 39.3 Å². The highest BCUT2D eigenvalue weighted by molar-refractivity contribution is 5.95. The zero-order valence-corrected chi connectivity index (χ0v) is 15.8. The lowest BCUT2D eigenvalue weighted by Gasteiger charge is -2.30. The Bertz CT molecular complexity index is 844. The molecule has 1 fully saturated rings. The molecule has 0 radical (unpaired) electrons. The van der Waals surface area contributed by atoms with E-state index < -0.39 is 4.92 Å². The molecule has 2 aromatic carbocycles. The van der Waals surface area contributed by atoms with E-state index in [4.69, 9.17) is 4.74 Å². The van der Waals surface area contributed by atoms with Gasteiger partial charge in [-0.25, -0.2) is 0 Å². The molecule has 3 rings (SSSR count). The molecule has 0 bridgehead atoms. The third-order valence-corrected chi connectivity index (χ3v) is 5.21. The van der Waals surface area contributed by atoms with Gasteiger partial charge in [0.15, 0.2) is 0 Å². The fraction of sp³-hybridized carbons (Fsp3) is 0.381. The average molecular weight is 368 g/mol. The molecule has 1 amide bonds. The summed E-state index contributed by atoms with van der Waals surface area (Å²) in [6, 6.07) is 12.4. The van der Waals surface area contributed by atoms with Gasteiger partial charge in [-0.1, -0.05) is 12.1 Å². The van der Waals surface area contributed by atoms with Crippen LogP contribution in [0, 0.1) is 23.0 Å². The number of carbonyl (C=O) groups is 1. The quantitative estimate of drug-likeness (QED) is 0.538. The van der Waals surface area contributed by atoms with Crippen LogP contribution in [-0.4, -0.2) is 28.9 Å². The van der Waals surface area contributed by atoms with Crippen LogP contribution in [0.25, 0.3) is 0 Å². The third kappa shape index (κ3) is 4.27. The van der Waals surface area contributed by atoms with Crippen LogP contribution in [0.5, 0.6) is 5.75 Å². The molecule has 0 spiro atoms. The molecule has 0 aliphatic heterocycles. The minimum absolute atomic E-state index is 0.0310. The van der Waals surface area contributed by atoms with Crippen molar-refractivity contribution in [1.82, 2.24) is 4.90 Å². The fourth-order valence-corrected chi connectivity index (χ4v) is 3.32. The Morgan fingerprint density at radius 2 is 1.93 bits per heavy atom. The van der Waals surface area contributed by atoms with Crippen LogP contribution in [-0.2, 0) is 6.54 Å². The largest absolute Gasteiger partial charge is 0.497 e. The monoisotopic (exact) mass is 368 g/mol. The molecule has 0 aromatic heterocycles. The van der Waals surface area contributed by atoms with Gasteiger partial charge in [-0.05, 0) is 62.4 Å². The molecule has 1 aliphatic carbocycles. The third-order valence-electron chi connectivity index (χ3n) is 5.21. The molecule has 0 N–H and O–H groups in total. The maximum absolute atomic E-state index is 13.2. The number of ether oxygens (including phenoxy) is 1. The first-order chi connectivity index (χ1) is 12.9. The van der Waals surface area contributed by atoms with Crippen LogP contribution >= 0.6 is 0 Å². The number of methoxy groups -OCH3 is 1. The number of rotatable bonds is 7. The second-order valence-electron chi connectivity index (χ2n) is 7.12. The second kappa shape index (κ2) is 7.78. The Morgan fingerprint density at radius 3 is 2.44 bits per heavy atom. The highest BCUT2D eigenvalue weighted by Crippen LogP contribution is 2.36. The second-order valence-corrected chi connectivity index (χ2v) is 7.12. The molecule has 6 nitrogen and oxygen atoms in total. The maximum Gasteiger partial charge on any atom is 0.272 e. The summed E-state index contributed by atoms with van der Waals surface area (Å²) in [5.41, 5.74) is 2.03. The Morgan fingerprint density at radius 1 is 1.26 bits per heavy atom. The van der Waals surface area contributed by atoms with Crippen LogP contribution in [0.4, 0.5) is 5.69 Å². The molecule has 2 aromatic rings. The Hall–Kier alpha value is -2.89. The minimum Gasteiger partial charge on any atom is -0.497 e. The summed E-state index contributed by atoms with van der Waals surface area (Å²) in [4.78, 5) is 25.7. The zero-order chi connectivity index (χ0) is 19.6. The molecular formula is C21H24N2O4. The van der Waals surface area contributed by atoms with Crippen LogP contribution in [0.2, 0.25) is 0 Å². The molecule has 27 heavy (non-hydrogen) atoms. The first-order valence-corrected chi connectivity index (χ1v) is 9.09. The Kier molecular flexibility index (Phi) is 5.44. The van der Waals surface area contributed by atoms with E-state index in [1.807, 2.05) is 29.2 Å². The van der Waals surface area contributed by atoms with E-state index in [0.717, 1.165) is 24.2 Å². The molecular weight excluding hydrogens is 344 g/mol. The number of carbonyl (C=O) groups excluding carboxylic acids is 1. The van der Waals surface area contributed by atoms with Gasteiger partial charge in [-0.15, -0.1) is 0 Å². The number of hydrogen-bond donors (Lipinski definition) is 0. The number of aryl methyl sites for hydroxylation is 1. The zero-order valence-electron chi connectivity index (χ0n) is 15.8. The van der Waals surface area contributed by atoms with Crippen molar-refractivity contribution >= 4 is 11.6 Å². The first-order valence-electron chi connectivity index (χ1n) is 9.09. The van der Waals surface area contributed by atoms with Crippen molar-refractivity contribution in [3.05, 3.63) is 69.3 Å². The fourth-order valence-electron chi connectivity index (χ4n) is 3.32. The average Bonchev–Trinajstić information content (AvgIpc) is 3.50. The lowest BCUT2D eigenvalue weighted by atomic mass is 10.1. The predicted molar refractivity (Wildman–Crippen MR) is 103 cm³/mol. The van der Waals surface area contributed by atoms with E-state index in [2.05, 4.69) is 6.92 Å². The molecule has 6 heteroatoms. The summed E-state index contributed by atoms with van der Waals surface area (Å²) >= 11 is 0. The molecule has 1 atom stereocenters. The van der Waals surface area contributed by atoms with E-state index in [9.17, 15) is 14.9 Å². The smallest absolute Gasteiger partial charge is 0.272 e. The standard InChI is InChI=1S/C21H24N2O4/c1-14-12-18(8-11-20(14)23(25)26)21(24)22(15(2)17-6-7-17)13-16-4-9-19(27-3)10-5-16/h4-5,8-12,15,17H,6-7,13H2,1-3H3/t15-/m1/s1. The molecule has 0 saturated heterocycles. The molecule has 1 aliphatic rings. The number of nitro groups is 1. The van der Waals surface area contributed by atoms with Crippen molar-refractivity contribution in [3.8, 4) is 5.75 Å². The highest BCUT2D eigenvalue weighted by atomic mass is 16.6. The van der Waals surface area contributed by atoms with Crippen LogP contribution in [0.15, 0.2) is 42.5 Å². The van der Waals surface area contributed by atoms with Gasteiger partial charge in [0.2, 0.25) is 0 Å². The van der Waals surface area contributed by atoms with Gasteiger partial charge < -0.3 is 9.64 Å². The number of amides is 1. The van der Waals surface area contributed by atoms with Gasteiger partial charge in [-0.3, -0.25) is 14.9 Å². The van der Waals surface area contributed by atoms with Crippen LogP contribution < -0.4 is 4.74 Å². The van der Waals surface area contributed by atoms with Gasteiger partial charge in [-0.2, -0.15) is 0 Å². The summed E-state index contributed by atoms with van der Waals surface area (Å²) in [7, 11) is 1.62. The number of hydrogen-bond acceptors (Lipinski definition) is 4. The Labute approximate surface area is 158 Å². The topological polar surface area (TPSA) is 72.7 Å². The highest BCUT2D eigenvalue weighted by Gasteiger charge is 2.34. The molecule has 142 valence electrons. The van der Waals surface area contributed by atoms with Gasteiger partial charge in [0.1, 0.15) is 5.75 Å². The number of benzene rings is 2. The SMILES string of the molecule is COc1ccc(CN(C(=O)c2ccc([N+](=O)[O-])c(C)c2)[C@H](C)C2CC2)cc1. The lowest BCUT2D eigenvalue weighted by Crippen LogP contribution is -2.39. The van der Waals surface area contributed by atoms with Gasteiger partial charge in [0.25, 0.3) is 11.6 Å². The van der Waals surface area contributed by atoms with E-state index in [0.29, 0.717) is 23.6 Å². The summed E-state index contributed by atoms with van der Waals surface area (Å²) < 4.78 is 5.19. The van der Waals surface area contributed by atoms with Crippen molar-refractivity contribution < 1.29 is 14.5 Å².